The second-order valence-electron chi connectivity index (χ2n) is 4.89. The SMILES string of the molecule is COCCCN1C(=O)C(SCCO)=C(c2ccc(Cl)cc2)C1=O. The van der Waals surface area contributed by atoms with Crippen LogP contribution >= 0.6 is 23.4 Å². The van der Waals surface area contributed by atoms with Crippen molar-refractivity contribution in [1.82, 2.24) is 4.90 Å². The highest BCUT2D eigenvalue weighted by atomic mass is 35.5. The van der Waals surface area contributed by atoms with Crippen LogP contribution in [0, 0.1) is 0 Å². The predicted molar refractivity (Wildman–Crippen MR) is 91.1 cm³/mol. The molecule has 0 spiro atoms. The third kappa shape index (κ3) is 4.14. The minimum Gasteiger partial charge on any atom is -0.396 e. The van der Waals surface area contributed by atoms with E-state index >= 15 is 0 Å². The van der Waals surface area contributed by atoms with Gasteiger partial charge in [-0.1, -0.05) is 23.7 Å². The summed E-state index contributed by atoms with van der Waals surface area (Å²) in [6, 6.07) is 6.81. The number of aliphatic hydroxyl groups is 1. The van der Waals surface area contributed by atoms with E-state index in [1.165, 1.54) is 16.7 Å². The number of hydrogen-bond donors (Lipinski definition) is 1. The van der Waals surface area contributed by atoms with Crippen LogP contribution in [-0.4, -0.2) is 54.4 Å². The Labute approximate surface area is 144 Å². The zero-order chi connectivity index (χ0) is 16.8. The number of ether oxygens (including phenoxy) is 1. The molecule has 0 radical (unpaired) electrons. The van der Waals surface area contributed by atoms with E-state index in [2.05, 4.69) is 0 Å². The van der Waals surface area contributed by atoms with Crippen LogP contribution in [0.4, 0.5) is 0 Å². The fourth-order valence-electron chi connectivity index (χ4n) is 2.28. The van der Waals surface area contributed by atoms with Gasteiger partial charge >= 0.3 is 0 Å². The zero-order valence-corrected chi connectivity index (χ0v) is 14.3. The van der Waals surface area contributed by atoms with Crippen LogP contribution in [0.15, 0.2) is 29.2 Å². The number of aliphatic hydroxyl groups excluding tert-OH is 1. The highest BCUT2D eigenvalue weighted by Crippen LogP contribution is 2.36. The smallest absolute Gasteiger partial charge is 0.267 e. The third-order valence-corrected chi connectivity index (χ3v) is 4.63. The molecule has 124 valence electrons. The molecule has 2 rings (SSSR count). The van der Waals surface area contributed by atoms with Crippen molar-refractivity contribution >= 4 is 40.8 Å². The number of carbonyl (C=O) groups excluding carboxylic acids is 2. The molecule has 1 aliphatic rings. The van der Waals surface area contributed by atoms with Crippen molar-refractivity contribution in [3.63, 3.8) is 0 Å². The van der Waals surface area contributed by atoms with E-state index in [1.54, 1.807) is 31.4 Å². The lowest BCUT2D eigenvalue weighted by molar-refractivity contribution is -0.136. The molecule has 1 N–H and O–H groups in total. The Kier molecular flexibility index (Phi) is 6.65. The molecule has 1 aromatic carbocycles. The summed E-state index contributed by atoms with van der Waals surface area (Å²) < 4.78 is 4.97. The quantitative estimate of drug-likeness (QED) is 0.572. The molecule has 2 amide bonds. The molecule has 0 atom stereocenters. The fraction of sp³-hybridized carbons (Fsp3) is 0.375. The minimum atomic E-state index is -0.311. The third-order valence-electron chi connectivity index (χ3n) is 3.33. The topological polar surface area (TPSA) is 66.8 Å². The number of rotatable bonds is 8. The fourth-order valence-corrected chi connectivity index (χ4v) is 3.28. The van der Waals surface area contributed by atoms with E-state index in [1.807, 2.05) is 0 Å². The average Bonchev–Trinajstić information content (AvgIpc) is 2.78. The lowest BCUT2D eigenvalue weighted by Crippen LogP contribution is -2.33. The predicted octanol–water partition coefficient (Wildman–Crippen LogP) is 2.18. The summed E-state index contributed by atoms with van der Waals surface area (Å²) in [6.45, 7) is 0.728. The second-order valence-corrected chi connectivity index (χ2v) is 6.43. The van der Waals surface area contributed by atoms with Gasteiger partial charge in [0.1, 0.15) is 0 Å². The van der Waals surface area contributed by atoms with Crippen molar-refractivity contribution in [2.75, 3.05) is 32.6 Å². The van der Waals surface area contributed by atoms with Crippen molar-refractivity contribution in [2.45, 2.75) is 6.42 Å². The van der Waals surface area contributed by atoms with Gasteiger partial charge in [-0.3, -0.25) is 14.5 Å². The largest absolute Gasteiger partial charge is 0.396 e. The monoisotopic (exact) mass is 355 g/mol. The van der Waals surface area contributed by atoms with Crippen LogP contribution in [0.5, 0.6) is 0 Å². The lowest BCUT2D eigenvalue weighted by Gasteiger charge is -2.14. The van der Waals surface area contributed by atoms with Gasteiger partial charge in [0.05, 0.1) is 17.1 Å². The molecule has 1 heterocycles. The summed E-state index contributed by atoms with van der Waals surface area (Å²) in [6.07, 6.45) is 0.583. The first-order chi connectivity index (χ1) is 11.1. The summed E-state index contributed by atoms with van der Waals surface area (Å²) >= 11 is 7.09. The van der Waals surface area contributed by atoms with Crippen molar-refractivity contribution < 1.29 is 19.4 Å². The zero-order valence-electron chi connectivity index (χ0n) is 12.8. The molecular formula is C16H18ClNO4S. The standard InChI is InChI=1S/C16H18ClNO4S/c1-22-9-2-7-18-15(20)13(11-3-5-12(17)6-4-11)14(16(18)21)23-10-8-19/h3-6,19H,2,7-10H2,1H3. The highest BCUT2D eigenvalue weighted by molar-refractivity contribution is 8.04. The number of methoxy groups -OCH3 is 1. The molecule has 0 unspecified atom stereocenters. The first kappa shape index (κ1) is 18.0. The first-order valence-electron chi connectivity index (χ1n) is 7.19. The summed E-state index contributed by atoms with van der Waals surface area (Å²) in [7, 11) is 1.58. The Morgan fingerprint density at radius 1 is 1.22 bits per heavy atom. The molecule has 0 bridgehead atoms. The molecule has 0 aromatic heterocycles. The Morgan fingerprint density at radius 2 is 1.91 bits per heavy atom. The van der Waals surface area contributed by atoms with Crippen molar-refractivity contribution in [3.05, 3.63) is 39.8 Å². The lowest BCUT2D eigenvalue weighted by atomic mass is 10.1. The van der Waals surface area contributed by atoms with E-state index in [0.29, 0.717) is 46.4 Å². The Morgan fingerprint density at radius 3 is 2.52 bits per heavy atom. The van der Waals surface area contributed by atoms with Crippen molar-refractivity contribution in [1.29, 1.82) is 0 Å². The van der Waals surface area contributed by atoms with E-state index in [9.17, 15) is 9.59 Å². The van der Waals surface area contributed by atoms with Crippen LogP contribution in [0.25, 0.3) is 5.57 Å². The molecule has 0 saturated carbocycles. The van der Waals surface area contributed by atoms with Gasteiger partial charge in [-0.2, -0.15) is 0 Å². The van der Waals surface area contributed by atoms with E-state index < -0.39 is 0 Å². The Balaban J connectivity index is 2.31. The minimum absolute atomic E-state index is 0.0623. The highest BCUT2D eigenvalue weighted by Gasteiger charge is 2.38. The number of nitrogens with zero attached hydrogens (tertiary/aromatic N) is 1. The molecule has 7 heteroatoms. The summed E-state index contributed by atoms with van der Waals surface area (Å²) in [5.74, 6) is -0.263. The van der Waals surface area contributed by atoms with Crippen LogP contribution in [0.2, 0.25) is 5.02 Å². The first-order valence-corrected chi connectivity index (χ1v) is 8.55. The molecule has 5 nitrogen and oxygen atoms in total. The summed E-state index contributed by atoms with van der Waals surface area (Å²) in [5.41, 5.74) is 1.03. The summed E-state index contributed by atoms with van der Waals surface area (Å²) in [4.78, 5) is 26.8. The maximum atomic E-state index is 12.7. The van der Waals surface area contributed by atoms with Crippen molar-refractivity contribution in [3.8, 4) is 0 Å². The average molecular weight is 356 g/mol. The Hall–Kier alpha value is -1.34. The number of halogens is 1. The van der Waals surface area contributed by atoms with E-state index in [4.69, 9.17) is 21.4 Å². The van der Waals surface area contributed by atoms with Gasteiger partial charge in [0.15, 0.2) is 0 Å². The van der Waals surface area contributed by atoms with Gasteiger partial charge in [0.2, 0.25) is 0 Å². The maximum Gasteiger partial charge on any atom is 0.267 e. The molecule has 23 heavy (non-hydrogen) atoms. The van der Waals surface area contributed by atoms with Gasteiger partial charge in [0, 0.05) is 31.0 Å². The van der Waals surface area contributed by atoms with E-state index in [-0.39, 0.29) is 18.4 Å². The molecule has 1 aliphatic heterocycles. The van der Waals surface area contributed by atoms with Crippen LogP contribution in [-0.2, 0) is 14.3 Å². The number of imide groups is 1. The van der Waals surface area contributed by atoms with Gasteiger partial charge in [-0.05, 0) is 24.1 Å². The number of carbonyl (C=O) groups is 2. The molecular weight excluding hydrogens is 338 g/mol. The van der Waals surface area contributed by atoms with Crippen LogP contribution < -0.4 is 0 Å². The number of hydrogen-bond acceptors (Lipinski definition) is 5. The maximum absolute atomic E-state index is 12.7. The van der Waals surface area contributed by atoms with Gasteiger partial charge < -0.3 is 9.84 Å². The van der Waals surface area contributed by atoms with Crippen LogP contribution in [0.3, 0.4) is 0 Å². The second kappa shape index (κ2) is 8.49. The van der Waals surface area contributed by atoms with Crippen molar-refractivity contribution in [2.24, 2.45) is 0 Å². The number of thioether (sulfide) groups is 1. The van der Waals surface area contributed by atoms with Gasteiger partial charge in [0.25, 0.3) is 11.8 Å². The van der Waals surface area contributed by atoms with E-state index in [0.717, 1.165) is 0 Å². The summed E-state index contributed by atoms with van der Waals surface area (Å²) in [5, 5.41) is 9.59. The molecule has 0 fully saturated rings. The Bertz CT molecular complexity index is 615. The van der Waals surface area contributed by atoms with Crippen LogP contribution in [0.1, 0.15) is 12.0 Å². The number of benzene rings is 1. The molecule has 1 aromatic rings. The van der Waals surface area contributed by atoms with Gasteiger partial charge in [-0.15, -0.1) is 11.8 Å². The van der Waals surface area contributed by atoms with Gasteiger partial charge in [-0.25, -0.2) is 0 Å². The normalized spacial score (nSPS) is 15.0. The number of amides is 2. The molecule has 0 saturated heterocycles. The molecule has 0 aliphatic carbocycles.